The van der Waals surface area contributed by atoms with E-state index in [9.17, 15) is 10.0 Å². The Labute approximate surface area is 231 Å². The minimum Gasteiger partial charge on any atom is -0.619 e. The number of aromatic nitrogens is 1. The molecule has 1 heterocycles. The average Bonchev–Trinajstić information content (AvgIpc) is 2.92. The molecule has 0 fully saturated rings. The molecule has 0 aliphatic carbocycles. The van der Waals surface area contributed by atoms with Gasteiger partial charge in [-0.15, -0.1) is 0 Å². The van der Waals surface area contributed by atoms with E-state index in [4.69, 9.17) is 42.1 Å². The first-order valence-electron chi connectivity index (χ1n) is 11.8. The van der Waals surface area contributed by atoms with Gasteiger partial charge in [0.25, 0.3) is 0 Å². The molecule has 38 heavy (non-hydrogen) atoms. The standard InChI is InChI=1S/C29H27Cl2NO6/c1-17(18-5-6-20-12-22(35-2)9-7-19(20)11-18)29(33)38-27(14-23-24(30)15-32(34)16-25(23)31)21-8-10-26(36-3)28(13-21)37-4/h5-13,15-17,27H,14H2,1-4H3. The van der Waals surface area contributed by atoms with Crippen LogP contribution in [0.15, 0.2) is 67.0 Å². The summed E-state index contributed by atoms with van der Waals surface area (Å²) in [5.41, 5.74) is 1.95. The van der Waals surface area contributed by atoms with Gasteiger partial charge in [-0.25, -0.2) is 0 Å². The number of hydrogen-bond acceptors (Lipinski definition) is 6. The van der Waals surface area contributed by atoms with Crippen LogP contribution in [0, 0.1) is 5.21 Å². The van der Waals surface area contributed by atoms with Gasteiger partial charge in [0.15, 0.2) is 23.9 Å². The number of carbonyl (C=O) groups excluding carboxylic acids is 1. The molecule has 198 valence electrons. The van der Waals surface area contributed by atoms with Crippen LogP contribution in [0.2, 0.25) is 10.0 Å². The third kappa shape index (κ3) is 5.90. The molecule has 0 N–H and O–H groups in total. The lowest BCUT2D eigenvalue weighted by atomic mass is 9.97. The molecule has 0 saturated heterocycles. The van der Waals surface area contributed by atoms with Crippen LogP contribution < -0.4 is 18.9 Å². The predicted octanol–water partition coefficient (Wildman–Crippen LogP) is 6.44. The molecule has 2 unspecified atom stereocenters. The summed E-state index contributed by atoms with van der Waals surface area (Å²) < 4.78 is 22.7. The van der Waals surface area contributed by atoms with Gasteiger partial charge in [0, 0.05) is 12.0 Å². The highest BCUT2D eigenvalue weighted by Gasteiger charge is 2.26. The SMILES string of the molecule is COc1ccc2cc(C(C)C(=O)OC(Cc3c(Cl)c[n+]([O-])cc3Cl)c3ccc(OC)c(OC)c3)ccc2c1. The van der Waals surface area contributed by atoms with Gasteiger partial charge in [-0.1, -0.05) is 53.5 Å². The highest BCUT2D eigenvalue weighted by molar-refractivity contribution is 6.35. The van der Waals surface area contributed by atoms with Crippen LogP contribution in [0.5, 0.6) is 17.2 Å². The van der Waals surface area contributed by atoms with E-state index in [1.54, 1.807) is 32.2 Å². The minimum absolute atomic E-state index is 0.143. The van der Waals surface area contributed by atoms with Crippen LogP contribution in [0.3, 0.4) is 0 Å². The normalized spacial score (nSPS) is 12.6. The molecule has 4 rings (SSSR count). The third-order valence-corrected chi connectivity index (χ3v) is 7.06. The molecule has 4 aromatic rings. The quantitative estimate of drug-likeness (QED) is 0.134. The Morgan fingerprint density at radius 1 is 0.842 bits per heavy atom. The van der Waals surface area contributed by atoms with Crippen molar-refractivity contribution in [3.63, 3.8) is 0 Å². The monoisotopic (exact) mass is 555 g/mol. The molecular formula is C29H27Cl2NO6. The Balaban J connectivity index is 1.66. The highest BCUT2D eigenvalue weighted by atomic mass is 35.5. The van der Waals surface area contributed by atoms with Crippen molar-refractivity contribution >= 4 is 39.9 Å². The Morgan fingerprint density at radius 3 is 2.13 bits per heavy atom. The number of halogens is 2. The zero-order valence-electron chi connectivity index (χ0n) is 21.4. The van der Waals surface area contributed by atoms with Gasteiger partial charge in [-0.05, 0) is 53.1 Å². The Kier molecular flexibility index (Phi) is 8.49. The molecule has 7 nitrogen and oxygen atoms in total. The summed E-state index contributed by atoms with van der Waals surface area (Å²) in [6.45, 7) is 1.79. The zero-order valence-corrected chi connectivity index (χ0v) is 22.9. The van der Waals surface area contributed by atoms with Gasteiger partial charge < -0.3 is 24.2 Å². The summed E-state index contributed by atoms with van der Waals surface area (Å²) in [5, 5.41) is 14.1. The maximum Gasteiger partial charge on any atom is 0.313 e. The molecule has 1 aromatic heterocycles. The fraction of sp³-hybridized carbons (Fsp3) is 0.241. The molecular weight excluding hydrogens is 529 g/mol. The van der Waals surface area contributed by atoms with E-state index in [2.05, 4.69) is 0 Å². The highest BCUT2D eigenvalue weighted by Crippen LogP contribution is 2.36. The van der Waals surface area contributed by atoms with Crippen molar-refractivity contribution < 1.29 is 28.5 Å². The lowest BCUT2D eigenvalue weighted by Gasteiger charge is -2.23. The van der Waals surface area contributed by atoms with Crippen LogP contribution in [0.1, 0.15) is 35.6 Å². The maximum absolute atomic E-state index is 13.4. The largest absolute Gasteiger partial charge is 0.619 e. The van der Waals surface area contributed by atoms with Crippen LogP contribution in [0.4, 0.5) is 0 Å². The van der Waals surface area contributed by atoms with Gasteiger partial charge in [0.2, 0.25) is 0 Å². The summed E-state index contributed by atoms with van der Waals surface area (Å²) in [7, 11) is 4.69. The third-order valence-electron chi connectivity index (χ3n) is 6.41. The van der Waals surface area contributed by atoms with E-state index in [0.29, 0.717) is 27.4 Å². The van der Waals surface area contributed by atoms with E-state index in [1.165, 1.54) is 26.6 Å². The number of rotatable bonds is 9. The number of nitrogens with zero attached hydrogens (tertiary/aromatic N) is 1. The predicted molar refractivity (Wildman–Crippen MR) is 146 cm³/mol. The van der Waals surface area contributed by atoms with Crippen molar-refractivity contribution in [2.24, 2.45) is 0 Å². The fourth-order valence-corrected chi connectivity index (χ4v) is 4.81. The van der Waals surface area contributed by atoms with Crippen molar-refractivity contribution in [1.29, 1.82) is 0 Å². The topological polar surface area (TPSA) is 80.9 Å². The van der Waals surface area contributed by atoms with E-state index >= 15 is 0 Å². The van der Waals surface area contributed by atoms with Crippen LogP contribution in [-0.2, 0) is 16.0 Å². The van der Waals surface area contributed by atoms with E-state index in [-0.39, 0.29) is 16.5 Å². The molecule has 9 heteroatoms. The lowest BCUT2D eigenvalue weighted by Crippen LogP contribution is -2.26. The summed E-state index contributed by atoms with van der Waals surface area (Å²) in [6.07, 6.45) is 1.79. The van der Waals surface area contributed by atoms with E-state index in [0.717, 1.165) is 22.1 Å². The van der Waals surface area contributed by atoms with Crippen LogP contribution >= 0.6 is 23.2 Å². The number of esters is 1. The second-order valence-electron chi connectivity index (χ2n) is 8.73. The number of carbonyl (C=O) groups is 1. The zero-order chi connectivity index (χ0) is 27.4. The smallest absolute Gasteiger partial charge is 0.313 e. The Hall–Kier alpha value is -3.68. The Bertz CT molecular complexity index is 1450. The number of hydrogen-bond donors (Lipinski definition) is 0. The minimum atomic E-state index is -0.771. The second-order valence-corrected chi connectivity index (χ2v) is 9.55. The molecule has 0 amide bonds. The maximum atomic E-state index is 13.4. The van der Waals surface area contributed by atoms with Gasteiger partial charge in [-0.3, -0.25) is 4.79 Å². The molecule has 0 aliphatic rings. The first-order chi connectivity index (χ1) is 18.2. The molecule has 3 aromatic carbocycles. The molecule has 0 bridgehead atoms. The van der Waals surface area contributed by atoms with Crippen molar-refractivity contribution in [3.05, 3.63) is 98.9 Å². The summed E-state index contributed by atoms with van der Waals surface area (Å²) in [5.74, 6) is 0.781. The van der Waals surface area contributed by atoms with Crippen LogP contribution in [0.25, 0.3) is 10.8 Å². The number of fused-ring (bicyclic) bond motifs is 1. The van der Waals surface area contributed by atoms with Crippen molar-refractivity contribution in [1.82, 2.24) is 0 Å². The first kappa shape index (κ1) is 27.4. The Morgan fingerprint density at radius 2 is 1.47 bits per heavy atom. The number of benzene rings is 3. The summed E-state index contributed by atoms with van der Waals surface area (Å²) in [6, 6.07) is 16.8. The lowest BCUT2D eigenvalue weighted by molar-refractivity contribution is -0.605. The fourth-order valence-electron chi connectivity index (χ4n) is 4.21. The molecule has 0 radical (unpaired) electrons. The number of ether oxygens (including phenoxy) is 4. The molecule has 2 atom stereocenters. The van der Waals surface area contributed by atoms with Gasteiger partial charge in [0.1, 0.15) is 21.9 Å². The van der Waals surface area contributed by atoms with Crippen molar-refractivity contribution in [2.45, 2.75) is 25.4 Å². The summed E-state index contributed by atoms with van der Waals surface area (Å²) >= 11 is 12.7. The average molecular weight is 556 g/mol. The van der Waals surface area contributed by atoms with Crippen LogP contribution in [-0.4, -0.2) is 27.3 Å². The number of pyridine rings is 1. The molecule has 0 saturated carbocycles. The first-order valence-corrected chi connectivity index (χ1v) is 12.6. The molecule has 0 spiro atoms. The number of methoxy groups -OCH3 is 3. The van der Waals surface area contributed by atoms with E-state index in [1.807, 2.05) is 36.4 Å². The van der Waals surface area contributed by atoms with Crippen molar-refractivity contribution in [2.75, 3.05) is 21.3 Å². The van der Waals surface area contributed by atoms with Crippen molar-refractivity contribution in [3.8, 4) is 17.2 Å². The van der Waals surface area contributed by atoms with E-state index < -0.39 is 18.0 Å². The summed E-state index contributed by atoms with van der Waals surface area (Å²) in [4.78, 5) is 13.4. The van der Waals surface area contributed by atoms with Gasteiger partial charge in [-0.2, -0.15) is 4.73 Å². The van der Waals surface area contributed by atoms with Gasteiger partial charge >= 0.3 is 5.97 Å². The molecule has 0 aliphatic heterocycles. The van der Waals surface area contributed by atoms with Gasteiger partial charge in [0.05, 0.1) is 27.2 Å². The second kappa shape index (κ2) is 11.8.